The maximum atomic E-state index is 5.06. The molecule has 0 bridgehead atoms. The average molecular weight is 376 g/mol. The third-order valence-corrected chi connectivity index (χ3v) is 5.56. The summed E-state index contributed by atoms with van der Waals surface area (Å²) >= 11 is 0. The van der Waals surface area contributed by atoms with Gasteiger partial charge in [0, 0.05) is 23.8 Å². The minimum Gasteiger partial charge on any atom is -0.364 e. The van der Waals surface area contributed by atoms with Gasteiger partial charge in [0.25, 0.3) is 0 Å². The predicted molar refractivity (Wildman–Crippen MR) is 115 cm³/mol. The van der Waals surface area contributed by atoms with E-state index in [4.69, 9.17) is 5.21 Å². The molecule has 3 aromatic rings. The summed E-state index contributed by atoms with van der Waals surface area (Å²) in [6, 6.07) is 18.6. The molecule has 4 nitrogen and oxygen atoms in total. The van der Waals surface area contributed by atoms with E-state index in [0.717, 1.165) is 6.54 Å². The van der Waals surface area contributed by atoms with Crippen molar-refractivity contribution in [2.45, 2.75) is 66.2 Å². The van der Waals surface area contributed by atoms with Gasteiger partial charge in [0.1, 0.15) is 12.1 Å². The topological polar surface area (TPSA) is 24.9 Å². The van der Waals surface area contributed by atoms with Crippen LogP contribution in [0.3, 0.4) is 0 Å². The fraction of sp³-hybridized carbons (Fsp3) is 0.417. The number of rotatable bonds is 3. The first-order valence-corrected chi connectivity index (χ1v) is 10.4. The summed E-state index contributed by atoms with van der Waals surface area (Å²) in [4.78, 5) is 2.51. The standard InChI is InChI=1S/C24H31N4/c1-16(2)26-15-19-11-7-8-12-20(19)23-24(21-13-9-10-14-22(21)26)28(18(5)6)25-27(23)17(3)4/h7-14,16-18H,15H2,1-6H3/q+1. The predicted octanol–water partition coefficient (Wildman–Crippen LogP) is 5.39. The number of fused-ring (bicyclic) bond motifs is 5. The minimum absolute atomic E-state index is 0.279. The maximum Gasteiger partial charge on any atom is 0.208 e. The van der Waals surface area contributed by atoms with E-state index in [9.17, 15) is 0 Å². The lowest BCUT2D eigenvalue weighted by Crippen LogP contribution is -2.41. The van der Waals surface area contributed by atoms with Gasteiger partial charge in [-0.1, -0.05) is 36.4 Å². The van der Waals surface area contributed by atoms with E-state index in [-0.39, 0.29) is 12.1 Å². The second kappa shape index (κ2) is 7.08. The zero-order valence-electron chi connectivity index (χ0n) is 17.8. The van der Waals surface area contributed by atoms with Crippen molar-refractivity contribution in [2.75, 3.05) is 4.90 Å². The van der Waals surface area contributed by atoms with Gasteiger partial charge >= 0.3 is 0 Å². The van der Waals surface area contributed by atoms with Crippen LogP contribution >= 0.6 is 0 Å². The minimum atomic E-state index is 0.279. The molecule has 0 fully saturated rings. The van der Waals surface area contributed by atoms with Crippen LogP contribution in [0.15, 0.2) is 48.5 Å². The van der Waals surface area contributed by atoms with E-state index >= 15 is 0 Å². The van der Waals surface area contributed by atoms with Crippen molar-refractivity contribution in [1.29, 1.82) is 0 Å². The second-order valence-corrected chi connectivity index (χ2v) is 8.56. The Hall–Kier alpha value is -2.62. The van der Waals surface area contributed by atoms with Crippen molar-refractivity contribution < 1.29 is 4.68 Å². The normalized spacial score (nSPS) is 13.4. The average Bonchev–Trinajstić information content (AvgIpc) is 3.05. The molecule has 4 rings (SSSR count). The van der Waals surface area contributed by atoms with Crippen LogP contribution in [-0.4, -0.2) is 15.9 Å². The molecule has 0 amide bonds. The summed E-state index contributed by atoms with van der Waals surface area (Å²) in [5, 5.41) is 5.06. The van der Waals surface area contributed by atoms with Crippen molar-refractivity contribution in [3.8, 4) is 22.5 Å². The number of para-hydroxylation sites is 1. The SMILES string of the molecule is CC(C)N1Cc2ccccc2-c2c([n+](C(C)C)nn2C(C)C)-c2ccccc21. The van der Waals surface area contributed by atoms with Gasteiger partial charge in [-0.3, -0.25) is 0 Å². The molecule has 0 N–H and O–H groups in total. The van der Waals surface area contributed by atoms with E-state index < -0.39 is 0 Å². The van der Waals surface area contributed by atoms with Gasteiger partial charge in [-0.15, -0.1) is 9.36 Å². The first-order chi connectivity index (χ1) is 13.4. The Balaban J connectivity index is 2.17. The molecule has 1 aliphatic rings. The monoisotopic (exact) mass is 375 g/mol. The second-order valence-electron chi connectivity index (χ2n) is 8.56. The van der Waals surface area contributed by atoms with Gasteiger partial charge in [-0.05, 0) is 59.2 Å². The zero-order valence-corrected chi connectivity index (χ0v) is 17.8. The van der Waals surface area contributed by atoms with Crippen molar-refractivity contribution >= 4 is 5.69 Å². The van der Waals surface area contributed by atoms with Crippen LogP contribution in [0, 0.1) is 0 Å². The highest BCUT2D eigenvalue weighted by Crippen LogP contribution is 2.42. The molecule has 0 saturated carbocycles. The number of hydrogen-bond acceptors (Lipinski definition) is 2. The molecule has 28 heavy (non-hydrogen) atoms. The zero-order chi connectivity index (χ0) is 20.0. The molecule has 2 heterocycles. The summed E-state index contributed by atoms with van der Waals surface area (Å²) < 4.78 is 4.41. The quantitative estimate of drug-likeness (QED) is 0.573. The largest absolute Gasteiger partial charge is 0.364 e. The van der Waals surface area contributed by atoms with Gasteiger partial charge in [-0.2, -0.15) is 0 Å². The Morgan fingerprint density at radius 2 is 1.46 bits per heavy atom. The van der Waals surface area contributed by atoms with E-state index in [0.29, 0.717) is 6.04 Å². The Morgan fingerprint density at radius 1 is 0.821 bits per heavy atom. The third-order valence-electron chi connectivity index (χ3n) is 5.56. The lowest BCUT2D eigenvalue weighted by atomic mass is 9.94. The summed E-state index contributed by atoms with van der Waals surface area (Å²) in [6.07, 6.45) is 0. The Bertz CT molecular complexity index is 998. The van der Waals surface area contributed by atoms with Crippen LogP contribution in [0.1, 0.15) is 59.2 Å². The first-order valence-electron chi connectivity index (χ1n) is 10.4. The van der Waals surface area contributed by atoms with Gasteiger partial charge < -0.3 is 4.90 Å². The molecule has 0 spiro atoms. The van der Waals surface area contributed by atoms with E-state index in [2.05, 4.69) is 104 Å². The third kappa shape index (κ3) is 2.92. The molecule has 0 atom stereocenters. The molecule has 0 aliphatic carbocycles. The van der Waals surface area contributed by atoms with Gasteiger partial charge in [0.15, 0.2) is 0 Å². The molecular weight excluding hydrogens is 344 g/mol. The van der Waals surface area contributed by atoms with E-state index in [1.54, 1.807) is 0 Å². The van der Waals surface area contributed by atoms with Crippen LogP contribution in [0.4, 0.5) is 5.69 Å². The molecule has 2 aromatic carbocycles. The number of benzene rings is 2. The lowest BCUT2D eigenvalue weighted by Gasteiger charge is -2.32. The Labute approximate surface area is 168 Å². The summed E-state index contributed by atoms with van der Waals surface area (Å²) in [6.45, 7) is 14.3. The molecule has 4 heteroatoms. The number of nitrogens with zero attached hydrogens (tertiary/aromatic N) is 4. The van der Waals surface area contributed by atoms with Gasteiger partial charge in [0.2, 0.25) is 11.4 Å². The number of hydrogen-bond donors (Lipinski definition) is 0. The maximum absolute atomic E-state index is 5.06. The smallest absolute Gasteiger partial charge is 0.208 e. The molecule has 146 valence electrons. The fourth-order valence-corrected chi connectivity index (χ4v) is 4.18. The van der Waals surface area contributed by atoms with Crippen molar-refractivity contribution in [2.24, 2.45) is 0 Å². The van der Waals surface area contributed by atoms with Crippen molar-refractivity contribution in [1.82, 2.24) is 9.90 Å². The van der Waals surface area contributed by atoms with Gasteiger partial charge in [0.05, 0.1) is 10.8 Å². The Morgan fingerprint density at radius 3 is 2.11 bits per heavy atom. The van der Waals surface area contributed by atoms with Crippen LogP contribution in [0.25, 0.3) is 22.5 Å². The highest BCUT2D eigenvalue weighted by molar-refractivity contribution is 5.86. The lowest BCUT2D eigenvalue weighted by molar-refractivity contribution is -0.763. The van der Waals surface area contributed by atoms with Gasteiger partial charge in [-0.25, -0.2) is 0 Å². The first kappa shape index (κ1) is 18.7. The van der Waals surface area contributed by atoms with Crippen LogP contribution in [0.2, 0.25) is 0 Å². The highest BCUT2D eigenvalue weighted by Gasteiger charge is 2.36. The molecular formula is C24H31N4+. The van der Waals surface area contributed by atoms with Crippen LogP contribution < -0.4 is 9.58 Å². The summed E-state index contributed by atoms with van der Waals surface area (Å²) in [5.74, 6) is 0. The number of aromatic nitrogens is 3. The van der Waals surface area contributed by atoms with E-state index in [1.807, 2.05) is 0 Å². The van der Waals surface area contributed by atoms with Crippen LogP contribution in [-0.2, 0) is 6.54 Å². The Kier molecular flexibility index (Phi) is 4.74. The molecule has 0 saturated heterocycles. The molecule has 0 unspecified atom stereocenters. The molecule has 1 aromatic heterocycles. The van der Waals surface area contributed by atoms with E-state index in [1.165, 1.54) is 33.8 Å². The van der Waals surface area contributed by atoms with Crippen molar-refractivity contribution in [3.63, 3.8) is 0 Å². The summed E-state index contributed by atoms with van der Waals surface area (Å²) in [7, 11) is 0. The summed E-state index contributed by atoms with van der Waals surface area (Å²) in [5.41, 5.74) is 7.64. The van der Waals surface area contributed by atoms with Crippen LogP contribution in [0.5, 0.6) is 0 Å². The number of anilines is 1. The highest BCUT2D eigenvalue weighted by atomic mass is 15.5. The van der Waals surface area contributed by atoms with Crippen molar-refractivity contribution in [3.05, 3.63) is 54.1 Å². The molecule has 0 radical (unpaired) electrons. The fourth-order valence-electron chi connectivity index (χ4n) is 4.18. The molecule has 1 aliphatic heterocycles.